The molecule has 0 fully saturated rings. The fourth-order valence-corrected chi connectivity index (χ4v) is 4.22. The monoisotopic (exact) mass is 552 g/mol. The van der Waals surface area contributed by atoms with Crippen molar-refractivity contribution in [2.45, 2.75) is 13.0 Å². The van der Waals surface area contributed by atoms with Crippen LogP contribution in [0, 0.1) is 11.3 Å². The number of ether oxygens (including phenoxy) is 1. The number of imide groups is 1. The zero-order chi connectivity index (χ0) is 27.2. The van der Waals surface area contributed by atoms with Gasteiger partial charge in [0.15, 0.2) is 5.75 Å². The molecular formula is C25H18Cl2N6O5. The Kier molecular flexibility index (Phi) is 8.06. The summed E-state index contributed by atoms with van der Waals surface area (Å²) in [6.07, 6.45) is 0.695. The van der Waals surface area contributed by atoms with Gasteiger partial charge < -0.3 is 14.7 Å². The van der Waals surface area contributed by atoms with Gasteiger partial charge in [-0.25, -0.2) is 4.79 Å². The van der Waals surface area contributed by atoms with Crippen molar-refractivity contribution in [1.29, 1.82) is 5.26 Å². The molecule has 13 heteroatoms. The minimum atomic E-state index is -1.63. The fraction of sp³-hybridized carbons (Fsp3) is 0.120. The number of pyridine rings is 1. The van der Waals surface area contributed by atoms with E-state index >= 15 is 0 Å². The molecule has 3 aromatic rings. The van der Waals surface area contributed by atoms with Crippen molar-refractivity contribution in [1.82, 2.24) is 15.2 Å². The van der Waals surface area contributed by atoms with Gasteiger partial charge in [0.2, 0.25) is 5.71 Å². The van der Waals surface area contributed by atoms with Crippen LogP contribution in [-0.2, 0) is 17.8 Å². The number of nitriles is 1. The van der Waals surface area contributed by atoms with Crippen LogP contribution in [-0.4, -0.2) is 45.2 Å². The number of carbonyl (C=O) groups is 3. The third kappa shape index (κ3) is 6.18. The second-order valence-electron chi connectivity index (χ2n) is 7.93. The quantitative estimate of drug-likeness (QED) is 0.286. The first kappa shape index (κ1) is 26.4. The Morgan fingerprint density at radius 1 is 1.18 bits per heavy atom. The highest BCUT2D eigenvalue weighted by Crippen LogP contribution is 2.39. The van der Waals surface area contributed by atoms with Crippen LogP contribution in [0.25, 0.3) is 0 Å². The van der Waals surface area contributed by atoms with Crippen molar-refractivity contribution >= 4 is 52.5 Å². The molecule has 38 heavy (non-hydrogen) atoms. The first-order chi connectivity index (χ1) is 18.2. The number of fused-ring (bicyclic) bond motifs is 1. The highest BCUT2D eigenvalue weighted by Gasteiger charge is 2.25. The zero-order valence-corrected chi connectivity index (χ0v) is 21.0. The molecule has 4 rings (SSSR count). The molecule has 11 nitrogen and oxygen atoms in total. The number of anilines is 1. The van der Waals surface area contributed by atoms with Gasteiger partial charge in [0.05, 0.1) is 28.0 Å². The van der Waals surface area contributed by atoms with Gasteiger partial charge in [0, 0.05) is 18.3 Å². The molecule has 0 saturated carbocycles. The van der Waals surface area contributed by atoms with E-state index in [9.17, 15) is 14.4 Å². The molecule has 1 aromatic heterocycles. The van der Waals surface area contributed by atoms with Crippen molar-refractivity contribution in [2.75, 3.05) is 12.0 Å². The molecule has 0 bridgehead atoms. The molecule has 2 aromatic carbocycles. The van der Waals surface area contributed by atoms with Crippen molar-refractivity contribution in [3.05, 3.63) is 81.6 Å². The first-order valence-corrected chi connectivity index (χ1v) is 11.8. The third-order valence-electron chi connectivity index (χ3n) is 5.38. The summed E-state index contributed by atoms with van der Waals surface area (Å²) in [5, 5.41) is 22.9. The maximum atomic E-state index is 13.0. The fourth-order valence-electron chi connectivity index (χ4n) is 3.66. The largest absolute Gasteiger partial charge is 0.465 e. The van der Waals surface area contributed by atoms with Crippen LogP contribution in [0.3, 0.4) is 0 Å². The lowest BCUT2D eigenvalue weighted by Gasteiger charge is -2.28. The summed E-state index contributed by atoms with van der Waals surface area (Å²) in [4.78, 5) is 41.2. The van der Waals surface area contributed by atoms with Gasteiger partial charge in [0.25, 0.3) is 11.8 Å². The lowest BCUT2D eigenvalue weighted by Crippen LogP contribution is -2.37. The van der Waals surface area contributed by atoms with Crippen molar-refractivity contribution in [2.24, 2.45) is 5.10 Å². The first-order valence-electron chi connectivity index (χ1n) is 11.0. The third-order valence-corrected chi connectivity index (χ3v) is 5.94. The second kappa shape index (κ2) is 11.6. The van der Waals surface area contributed by atoms with E-state index in [1.807, 2.05) is 18.2 Å². The summed E-state index contributed by atoms with van der Waals surface area (Å²) in [6, 6.07) is 14.9. The van der Waals surface area contributed by atoms with Gasteiger partial charge in [-0.3, -0.25) is 25.3 Å². The van der Waals surface area contributed by atoms with Crippen LogP contribution in [0.1, 0.15) is 21.6 Å². The molecule has 0 saturated heterocycles. The highest BCUT2D eigenvalue weighted by molar-refractivity contribution is 6.46. The summed E-state index contributed by atoms with van der Waals surface area (Å²) < 4.78 is 5.90. The van der Waals surface area contributed by atoms with Crippen LogP contribution in [0.15, 0.2) is 59.8 Å². The molecule has 2 heterocycles. The molecule has 0 unspecified atom stereocenters. The second-order valence-corrected chi connectivity index (χ2v) is 8.75. The standard InChI is InChI=1S/C25H18Cl2N6O5/c26-19-10-16(31-32-21(12-28)23(34)30-25(36)37)11-20(27)22(19)38-17-4-5-18-14(9-17)6-8-33(24(18)35)13-15-3-1-2-7-29-15/h1-5,7,9-11,31H,6,8,13H2,(H,30,34)(H,36,37). The van der Waals surface area contributed by atoms with E-state index in [4.69, 9.17) is 38.3 Å². The van der Waals surface area contributed by atoms with Crippen LogP contribution >= 0.6 is 23.2 Å². The number of rotatable bonds is 7. The van der Waals surface area contributed by atoms with Crippen molar-refractivity contribution in [3.63, 3.8) is 0 Å². The number of benzene rings is 2. The number of halogens is 2. The molecular weight excluding hydrogens is 535 g/mol. The molecule has 0 spiro atoms. The summed E-state index contributed by atoms with van der Waals surface area (Å²) in [5.74, 6) is -0.722. The molecule has 1 aliphatic heterocycles. The Morgan fingerprint density at radius 3 is 2.61 bits per heavy atom. The van der Waals surface area contributed by atoms with Gasteiger partial charge >= 0.3 is 6.09 Å². The number of hydrogen-bond donors (Lipinski definition) is 3. The molecule has 3 amide bonds. The summed E-state index contributed by atoms with van der Waals surface area (Å²) in [5.41, 5.74) is 4.14. The number of carboxylic acid groups (broad SMARTS) is 1. The van der Waals surface area contributed by atoms with E-state index in [1.54, 1.807) is 29.3 Å². The minimum absolute atomic E-state index is 0.0933. The number of amides is 3. The minimum Gasteiger partial charge on any atom is -0.465 e. The summed E-state index contributed by atoms with van der Waals surface area (Å²) >= 11 is 12.7. The van der Waals surface area contributed by atoms with E-state index in [-0.39, 0.29) is 27.4 Å². The average molecular weight is 553 g/mol. The van der Waals surface area contributed by atoms with E-state index in [2.05, 4.69) is 15.5 Å². The molecule has 1 aliphatic rings. The molecule has 3 N–H and O–H groups in total. The maximum absolute atomic E-state index is 13.0. The van der Waals surface area contributed by atoms with Crippen molar-refractivity contribution < 1.29 is 24.2 Å². The van der Waals surface area contributed by atoms with Crippen molar-refractivity contribution in [3.8, 4) is 17.6 Å². The summed E-state index contributed by atoms with van der Waals surface area (Å²) in [7, 11) is 0. The van der Waals surface area contributed by atoms with E-state index < -0.39 is 17.7 Å². The van der Waals surface area contributed by atoms with Gasteiger partial charge in [0.1, 0.15) is 11.8 Å². The van der Waals surface area contributed by atoms with E-state index in [0.29, 0.717) is 30.8 Å². The van der Waals surface area contributed by atoms with Crippen LogP contribution in [0.5, 0.6) is 11.5 Å². The smallest absolute Gasteiger partial charge is 0.411 e. The SMILES string of the molecule is N#CC(=NNc1cc(Cl)c(Oc2ccc3c(c2)CCN(Cc2ccccn2)C3=O)c(Cl)c1)C(=O)NC(=O)O. The van der Waals surface area contributed by atoms with Crippen LogP contribution in [0.4, 0.5) is 10.5 Å². The molecule has 0 aliphatic carbocycles. The van der Waals surface area contributed by atoms with Gasteiger partial charge in [-0.05, 0) is 54.4 Å². The predicted octanol–water partition coefficient (Wildman–Crippen LogP) is 4.46. The Morgan fingerprint density at radius 2 is 1.95 bits per heavy atom. The Hall–Kier alpha value is -4.66. The normalized spacial score (nSPS) is 12.8. The zero-order valence-electron chi connectivity index (χ0n) is 19.4. The highest BCUT2D eigenvalue weighted by atomic mass is 35.5. The summed E-state index contributed by atoms with van der Waals surface area (Å²) in [6.45, 7) is 0.955. The lowest BCUT2D eigenvalue weighted by molar-refractivity contribution is -0.114. The Balaban J connectivity index is 1.47. The van der Waals surface area contributed by atoms with Crippen LogP contribution < -0.4 is 15.5 Å². The molecule has 0 radical (unpaired) electrons. The predicted molar refractivity (Wildman–Crippen MR) is 138 cm³/mol. The number of nitrogens with one attached hydrogen (secondary N) is 2. The van der Waals surface area contributed by atoms with Gasteiger partial charge in [-0.1, -0.05) is 29.3 Å². The topological polar surface area (TPSA) is 157 Å². The molecule has 0 atom stereocenters. The number of carbonyl (C=O) groups excluding carboxylic acids is 2. The van der Waals surface area contributed by atoms with E-state index in [1.165, 1.54) is 23.5 Å². The van der Waals surface area contributed by atoms with Crippen LogP contribution in [0.2, 0.25) is 10.0 Å². The van der Waals surface area contributed by atoms with Gasteiger partial charge in [-0.15, -0.1) is 0 Å². The lowest BCUT2D eigenvalue weighted by atomic mass is 9.98. The Labute approximate surface area is 226 Å². The van der Waals surface area contributed by atoms with E-state index in [0.717, 1.165) is 11.3 Å². The maximum Gasteiger partial charge on any atom is 0.411 e. The average Bonchev–Trinajstić information content (AvgIpc) is 2.88. The van der Waals surface area contributed by atoms with Gasteiger partial charge in [-0.2, -0.15) is 10.4 Å². The number of hydrogen-bond acceptors (Lipinski definition) is 8. The molecule has 192 valence electrons. The Bertz CT molecular complexity index is 1470. The number of aromatic nitrogens is 1. The number of hydrazone groups is 1. The number of nitrogens with zero attached hydrogens (tertiary/aromatic N) is 4.